The van der Waals surface area contributed by atoms with Crippen molar-refractivity contribution in [2.45, 2.75) is 39.8 Å². The maximum absolute atomic E-state index is 12.6. The number of aromatic nitrogens is 3. The zero-order valence-electron chi connectivity index (χ0n) is 21.2. The number of piperazine rings is 1. The molecule has 3 heterocycles. The van der Waals surface area contributed by atoms with Crippen molar-refractivity contribution in [2.75, 3.05) is 26.2 Å². The van der Waals surface area contributed by atoms with Crippen LogP contribution in [0.25, 0.3) is 21.7 Å². The van der Waals surface area contributed by atoms with Crippen LogP contribution in [0.15, 0.2) is 55.0 Å². The van der Waals surface area contributed by atoms with Gasteiger partial charge in [-0.15, -0.1) is 0 Å². The molecule has 186 valence electrons. The summed E-state index contributed by atoms with van der Waals surface area (Å²) in [6.45, 7) is 10.9. The minimum Gasteiger partial charge on any atom is -0.444 e. The maximum Gasteiger partial charge on any atom is 0.410 e. The molecule has 0 saturated carbocycles. The van der Waals surface area contributed by atoms with Gasteiger partial charge < -0.3 is 9.30 Å². The van der Waals surface area contributed by atoms with Crippen LogP contribution < -0.4 is 9.93 Å². The third-order valence-electron chi connectivity index (χ3n) is 6.49. The van der Waals surface area contributed by atoms with Gasteiger partial charge in [-0.3, -0.25) is 4.90 Å². The lowest BCUT2D eigenvalue weighted by atomic mass is 10.1. The Morgan fingerprint density at radius 2 is 1.86 bits per heavy atom. The Hall–Kier alpha value is -3.45. The number of amides is 1. The van der Waals surface area contributed by atoms with Gasteiger partial charge >= 0.3 is 6.09 Å². The van der Waals surface area contributed by atoms with E-state index in [9.17, 15) is 4.79 Å². The molecular formula is C28H31ClN5O2+. The number of rotatable bonds is 2. The molecule has 2 aromatic heterocycles. The third-order valence-corrected chi connectivity index (χ3v) is 6.72. The summed E-state index contributed by atoms with van der Waals surface area (Å²) in [5.74, 6) is 0.958. The third kappa shape index (κ3) is 4.93. The molecule has 0 aliphatic carbocycles. The van der Waals surface area contributed by atoms with E-state index >= 15 is 0 Å². The van der Waals surface area contributed by atoms with E-state index in [2.05, 4.69) is 32.3 Å². The van der Waals surface area contributed by atoms with Crippen LogP contribution in [0.3, 0.4) is 0 Å². The van der Waals surface area contributed by atoms with Crippen LogP contribution in [-0.4, -0.2) is 57.3 Å². The molecule has 4 aromatic rings. The molecule has 0 atom stereocenters. The summed E-state index contributed by atoms with van der Waals surface area (Å²) in [7, 11) is 0. The number of hydrogen-bond acceptors (Lipinski definition) is 4. The first-order valence-corrected chi connectivity index (χ1v) is 12.6. The van der Waals surface area contributed by atoms with Gasteiger partial charge in [-0.25, -0.2) is 19.3 Å². The number of hydrogen-bond donors (Lipinski definition) is 0. The molecule has 1 saturated heterocycles. The van der Waals surface area contributed by atoms with Gasteiger partial charge in [0.25, 0.3) is 0 Å². The van der Waals surface area contributed by atoms with Gasteiger partial charge in [-0.1, -0.05) is 17.7 Å². The van der Waals surface area contributed by atoms with Crippen molar-refractivity contribution in [3.63, 3.8) is 0 Å². The number of imidazole rings is 1. The van der Waals surface area contributed by atoms with E-state index in [1.807, 2.05) is 64.5 Å². The van der Waals surface area contributed by atoms with Crippen LogP contribution in [0.4, 0.5) is 4.79 Å². The van der Waals surface area contributed by atoms with Crippen LogP contribution in [0, 0.1) is 6.92 Å². The van der Waals surface area contributed by atoms with Crippen molar-refractivity contribution in [2.24, 2.45) is 0 Å². The number of aryl methyl sites for hydroxylation is 1. The normalized spacial score (nSPS) is 14.5. The molecule has 2 aromatic carbocycles. The molecule has 0 bridgehead atoms. The summed E-state index contributed by atoms with van der Waals surface area (Å²) < 4.78 is 10.1. The molecular weight excluding hydrogens is 474 g/mol. The molecule has 7 nitrogen and oxygen atoms in total. The minimum absolute atomic E-state index is 0.265. The molecule has 1 amide bonds. The number of carbonyl (C=O) groups excluding carboxylic acids is 1. The van der Waals surface area contributed by atoms with E-state index in [0.29, 0.717) is 37.7 Å². The Bertz CT molecular complexity index is 1530. The Morgan fingerprint density at radius 1 is 1.08 bits per heavy atom. The lowest BCUT2D eigenvalue weighted by molar-refractivity contribution is 0.0218. The molecule has 0 N–H and O–H groups in total. The highest BCUT2D eigenvalue weighted by molar-refractivity contribution is 6.31. The fourth-order valence-electron chi connectivity index (χ4n) is 4.76. The van der Waals surface area contributed by atoms with Crippen LogP contribution in [0.1, 0.15) is 32.2 Å². The lowest BCUT2D eigenvalue weighted by Gasteiger charge is -2.28. The van der Waals surface area contributed by atoms with Gasteiger partial charge in [0.05, 0.1) is 18.5 Å². The minimum atomic E-state index is -0.513. The molecule has 36 heavy (non-hydrogen) atoms. The number of nitrogens with zero attached hydrogens (tertiary/aromatic N) is 5. The van der Waals surface area contributed by atoms with Gasteiger partial charge in [-0.2, -0.15) is 0 Å². The molecule has 1 aliphatic rings. The first kappa shape index (κ1) is 24.3. The first-order chi connectivity index (χ1) is 17.2. The molecule has 0 spiro atoms. The van der Waals surface area contributed by atoms with Gasteiger partial charge in [0.1, 0.15) is 16.9 Å². The molecule has 1 aliphatic heterocycles. The number of carbonyl (C=O) groups is 1. The molecule has 1 fully saturated rings. The largest absolute Gasteiger partial charge is 0.444 e. The van der Waals surface area contributed by atoms with Gasteiger partial charge in [0.15, 0.2) is 13.1 Å². The van der Waals surface area contributed by atoms with E-state index in [4.69, 9.17) is 21.3 Å². The summed E-state index contributed by atoms with van der Waals surface area (Å²) in [6, 6.07) is 12.3. The smallest absolute Gasteiger partial charge is 0.410 e. The highest BCUT2D eigenvalue weighted by Crippen LogP contribution is 2.23. The highest BCUT2D eigenvalue weighted by Gasteiger charge is 2.28. The Kier molecular flexibility index (Phi) is 6.43. The standard InChI is InChI=1S/C28H31ClN5O2/c1-19-30-10-11-34(19)18-21-16-20-17-22(29)7-8-24(20)26(25-23(21)6-5-9-31-25)32-12-14-33(15-13-32)27(35)36-28(2,3)4/h5-11,16-17H,12-15,18H2,1-4H3/q+1. The van der Waals surface area contributed by atoms with Gasteiger partial charge in [0.2, 0.25) is 5.36 Å². The zero-order valence-corrected chi connectivity index (χ0v) is 21.9. The van der Waals surface area contributed by atoms with Crippen molar-refractivity contribution in [1.29, 1.82) is 0 Å². The number of fused-ring (bicyclic) bond motifs is 2. The van der Waals surface area contributed by atoms with E-state index in [0.717, 1.165) is 38.4 Å². The average molecular weight is 505 g/mol. The fourth-order valence-corrected chi connectivity index (χ4v) is 4.94. The van der Waals surface area contributed by atoms with Crippen molar-refractivity contribution >= 4 is 39.4 Å². The van der Waals surface area contributed by atoms with Crippen molar-refractivity contribution < 1.29 is 9.53 Å². The van der Waals surface area contributed by atoms with Crippen molar-refractivity contribution in [3.8, 4) is 0 Å². The zero-order chi connectivity index (χ0) is 25.4. The second kappa shape index (κ2) is 9.54. The predicted molar refractivity (Wildman–Crippen MR) is 143 cm³/mol. The fraction of sp³-hybridized carbons (Fsp3) is 0.357. The van der Waals surface area contributed by atoms with E-state index in [1.165, 1.54) is 0 Å². The monoisotopic (exact) mass is 504 g/mol. The Morgan fingerprint density at radius 3 is 2.56 bits per heavy atom. The van der Waals surface area contributed by atoms with Crippen LogP contribution in [0.2, 0.25) is 5.02 Å². The summed E-state index contributed by atoms with van der Waals surface area (Å²) >= 11 is 6.46. The lowest BCUT2D eigenvalue weighted by Crippen LogP contribution is -2.51. The van der Waals surface area contributed by atoms with Crippen LogP contribution >= 0.6 is 11.6 Å². The Balaban J connectivity index is 1.69. The Labute approximate surface area is 215 Å². The molecule has 0 radical (unpaired) electrons. The highest BCUT2D eigenvalue weighted by atomic mass is 35.5. The topological polar surface area (TPSA) is 63.3 Å². The predicted octanol–water partition coefficient (Wildman–Crippen LogP) is 4.62. The van der Waals surface area contributed by atoms with Crippen LogP contribution in [0.5, 0.6) is 0 Å². The first-order valence-electron chi connectivity index (χ1n) is 12.2. The summed E-state index contributed by atoms with van der Waals surface area (Å²) in [4.78, 5) is 23.7. The maximum atomic E-state index is 12.6. The molecule has 5 rings (SSSR count). The van der Waals surface area contributed by atoms with E-state index in [1.54, 1.807) is 4.90 Å². The molecule has 0 unspecified atom stereocenters. The van der Waals surface area contributed by atoms with E-state index in [-0.39, 0.29) is 6.09 Å². The van der Waals surface area contributed by atoms with Crippen LogP contribution in [-0.2, 0) is 11.3 Å². The van der Waals surface area contributed by atoms with Gasteiger partial charge in [-0.05, 0) is 69.0 Å². The quantitative estimate of drug-likeness (QED) is 0.374. The number of benzene rings is 1. The SMILES string of the molecule is Cc1nccn1Cc1cc2cc(Cl)ccc2c(=[N+]2CCN(C(=O)OC(C)(C)C)CC2)c2ncccc12. The van der Waals surface area contributed by atoms with Crippen molar-refractivity contribution in [3.05, 3.63) is 76.8 Å². The summed E-state index contributed by atoms with van der Waals surface area (Å²) in [5.41, 5.74) is 1.57. The van der Waals surface area contributed by atoms with E-state index < -0.39 is 5.60 Å². The summed E-state index contributed by atoms with van der Waals surface area (Å²) in [5, 5.41) is 4.98. The number of halogens is 1. The second-order valence-electron chi connectivity index (χ2n) is 10.2. The summed E-state index contributed by atoms with van der Waals surface area (Å²) in [6.07, 6.45) is 5.40. The van der Waals surface area contributed by atoms with Gasteiger partial charge in [0, 0.05) is 35.5 Å². The number of ether oxygens (including phenoxy) is 1. The van der Waals surface area contributed by atoms with Crippen molar-refractivity contribution in [1.82, 2.24) is 24.0 Å². The molecule has 8 heteroatoms. The number of pyridine rings is 1. The second-order valence-corrected chi connectivity index (χ2v) is 10.6. The average Bonchev–Trinajstić information content (AvgIpc) is 3.18.